The number of aliphatic imine (C=N–C) groups is 1. The third-order valence-electron chi connectivity index (χ3n) is 3.89. The van der Waals surface area contributed by atoms with Crippen LogP contribution < -0.4 is 10.5 Å². The molecule has 0 amide bonds. The number of hydrogen-bond acceptors (Lipinski definition) is 4. The van der Waals surface area contributed by atoms with Gasteiger partial charge in [-0.3, -0.25) is 19.3 Å². The summed E-state index contributed by atoms with van der Waals surface area (Å²) >= 11 is 5.02. The summed E-state index contributed by atoms with van der Waals surface area (Å²) in [6.45, 7) is 7.95. The molecule has 0 aromatic carbocycles. The van der Waals surface area contributed by atoms with Crippen molar-refractivity contribution in [1.82, 2.24) is 9.55 Å². The third kappa shape index (κ3) is 4.14. The first-order valence-corrected chi connectivity index (χ1v) is 8.04. The van der Waals surface area contributed by atoms with Gasteiger partial charge in [-0.2, -0.15) is 0 Å². The number of allylic oxidation sites excluding steroid dienone is 1. The molecule has 1 aliphatic rings. The largest absolute Gasteiger partial charge is 0.494 e. The molecule has 6 nitrogen and oxygen atoms in total. The van der Waals surface area contributed by atoms with Crippen molar-refractivity contribution in [3.05, 3.63) is 33.3 Å². The molecule has 0 saturated carbocycles. The molecular weight excluding hydrogens is 300 g/mol. The van der Waals surface area contributed by atoms with Crippen LogP contribution in [-0.4, -0.2) is 47.1 Å². The van der Waals surface area contributed by atoms with Gasteiger partial charge in [0, 0.05) is 12.8 Å². The molecule has 0 unspecified atom stereocenters. The van der Waals surface area contributed by atoms with Crippen LogP contribution in [-0.2, 0) is 6.54 Å². The zero-order valence-electron chi connectivity index (χ0n) is 12.7. The monoisotopic (exact) mass is 323 g/mol. The van der Waals surface area contributed by atoms with Crippen LogP contribution in [0.15, 0.2) is 22.4 Å². The minimum atomic E-state index is -0.420. The molecule has 1 aliphatic heterocycles. The molecule has 1 aromatic rings. The summed E-state index contributed by atoms with van der Waals surface area (Å²) in [4.78, 5) is 20.3. The van der Waals surface area contributed by atoms with Crippen molar-refractivity contribution in [3.63, 3.8) is 0 Å². The average molecular weight is 323 g/mol. The van der Waals surface area contributed by atoms with E-state index >= 15 is 0 Å². The molecule has 0 spiro atoms. The molecule has 2 heterocycles. The lowest BCUT2D eigenvalue weighted by atomic mass is 10.1. The minimum Gasteiger partial charge on any atom is -0.494 e. The van der Waals surface area contributed by atoms with Crippen LogP contribution in [0.1, 0.15) is 24.8 Å². The highest BCUT2D eigenvalue weighted by atomic mass is 32.1. The SMILES string of the molecule is C=CCn1c(O)c(C=NCC[NH+]2CCCCC2)c(=O)[nH]c1=S. The number of rotatable bonds is 6. The lowest BCUT2D eigenvalue weighted by molar-refractivity contribution is -0.903. The summed E-state index contributed by atoms with van der Waals surface area (Å²) in [7, 11) is 0. The van der Waals surface area contributed by atoms with Crippen LogP contribution in [0.25, 0.3) is 0 Å². The molecule has 0 radical (unpaired) electrons. The molecule has 2 rings (SSSR count). The highest BCUT2D eigenvalue weighted by Gasteiger charge is 2.13. The first-order chi connectivity index (χ1) is 10.6. The van der Waals surface area contributed by atoms with Gasteiger partial charge in [0.15, 0.2) is 4.77 Å². The minimum absolute atomic E-state index is 0.143. The summed E-state index contributed by atoms with van der Waals surface area (Å²) in [5.41, 5.74) is -0.277. The Kier molecular flexibility index (Phi) is 6.09. The van der Waals surface area contributed by atoms with Crippen LogP contribution in [0.3, 0.4) is 0 Å². The van der Waals surface area contributed by atoms with E-state index in [0.717, 1.165) is 6.54 Å². The molecule has 120 valence electrons. The Hall–Kier alpha value is -1.73. The summed E-state index contributed by atoms with van der Waals surface area (Å²) in [6, 6.07) is 0. The van der Waals surface area contributed by atoms with Crippen molar-refractivity contribution in [2.24, 2.45) is 4.99 Å². The number of likely N-dealkylation sites (tertiary alicyclic amines) is 1. The quantitative estimate of drug-likeness (QED) is 0.400. The zero-order valence-corrected chi connectivity index (χ0v) is 13.5. The fourth-order valence-corrected chi connectivity index (χ4v) is 2.92. The summed E-state index contributed by atoms with van der Waals surface area (Å²) in [6.07, 6.45) is 6.93. The normalized spacial score (nSPS) is 16.2. The molecule has 0 aliphatic carbocycles. The lowest BCUT2D eigenvalue weighted by Crippen LogP contribution is -3.13. The summed E-state index contributed by atoms with van der Waals surface area (Å²) in [5.74, 6) is -0.164. The number of nitrogens with zero attached hydrogens (tertiary/aromatic N) is 2. The van der Waals surface area contributed by atoms with Crippen LogP contribution in [0.4, 0.5) is 0 Å². The van der Waals surface area contributed by atoms with Gasteiger partial charge >= 0.3 is 0 Å². The molecule has 7 heteroatoms. The number of nitrogens with one attached hydrogen (secondary N) is 2. The Bertz CT molecular complexity index is 656. The molecule has 22 heavy (non-hydrogen) atoms. The van der Waals surface area contributed by atoms with Crippen molar-refractivity contribution in [2.75, 3.05) is 26.2 Å². The topological polar surface area (TPSA) is 74.8 Å². The predicted octanol–water partition coefficient (Wildman–Crippen LogP) is 0.285. The maximum atomic E-state index is 11.9. The second-order valence-corrected chi connectivity index (χ2v) is 5.88. The van der Waals surface area contributed by atoms with Gasteiger partial charge < -0.3 is 10.0 Å². The summed E-state index contributed by atoms with van der Waals surface area (Å²) in [5, 5.41) is 10.2. The predicted molar refractivity (Wildman–Crippen MR) is 89.6 cm³/mol. The smallest absolute Gasteiger partial charge is 0.264 e. The van der Waals surface area contributed by atoms with Gasteiger partial charge in [-0.05, 0) is 31.5 Å². The number of piperidine rings is 1. The Morgan fingerprint density at radius 2 is 2.14 bits per heavy atom. The molecule has 0 atom stereocenters. The average Bonchev–Trinajstić information content (AvgIpc) is 2.51. The van der Waals surface area contributed by atoms with Crippen molar-refractivity contribution in [2.45, 2.75) is 25.8 Å². The standard InChI is InChI=1S/C15H22N4O2S/c1-2-7-19-14(21)12(13(20)17-15(19)22)11-16-6-10-18-8-4-3-5-9-18/h2,11,21H,1,3-10H2,(H,17,20,22)/p+1. The lowest BCUT2D eigenvalue weighted by Gasteiger charge is -2.22. The van der Waals surface area contributed by atoms with Gasteiger partial charge in [0.1, 0.15) is 5.56 Å². The van der Waals surface area contributed by atoms with Crippen LogP contribution in [0.5, 0.6) is 5.88 Å². The molecule has 1 aromatic heterocycles. The number of H-pyrrole nitrogens is 1. The molecule has 0 bridgehead atoms. The van der Waals surface area contributed by atoms with Gasteiger partial charge in [0.05, 0.1) is 26.2 Å². The maximum absolute atomic E-state index is 11.9. The van der Waals surface area contributed by atoms with E-state index in [0.29, 0.717) is 13.1 Å². The van der Waals surface area contributed by atoms with Crippen LogP contribution in [0.2, 0.25) is 0 Å². The van der Waals surface area contributed by atoms with E-state index in [9.17, 15) is 9.90 Å². The Morgan fingerprint density at radius 3 is 2.82 bits per heavy atom. The second kappa shape index (κ2) is 8.05. The molecule has 1 fully saturated rings. The van der Waals surface area contributed by atoms with Gasteiger partial charge in [-0.25, -0.2) is 0 Å². The fourth-order valence-electron chi connectivity index (χ4n) is 2.67. The number of aromatic nitrogens is 2. The zero-order chi connectivity index (χ0) is 15.9. The fraction of sp³-hybridized carbons (Fsp3) is 0.533. The van der Waals surface area contributed by atoms with E-state index in [-0.39, 0.29) is 16.2 Å². The van der Waals surface area contributed by atoms with E-state index in [1.54, 1.807) is 11.0 Å². The van der Waals surface area contributed by atoms with Crippen molar-refractivity contribution >= 4 is 18.4 Å². The Labute approximate surface area is 134 Å². The van der Waals surface area contributed by atoms with Crippen LogP contribution in [0, 0.1) is 4.77 Å². The first-order valence-electron chi connectivity index (χ1n) is 7.64. The second-order valence-electron chi connectivity index (χ2n) is 5.49. The number of hydrogen-bond donors (Lipinski definition) is 3. The number of quaternary nitrogens is 1. The van der Waals surface area contributed by atoms with E-state index in [2.05, 4.69) is 16.6 Å². The van der Waals surface area contributed by atoms with Gasteiger partial charge in [0.2, 0.25) is 5.88 Å². The van der Waals surface area contributed by atoms with E-state index in [1.807, 2.05) is 0 Å². The van der Waals surface area contributed by atoms with Crippen molar-refractivity contribution in [1.29, 1.82) is 0 Å². The van der Waals surface area contributed by atoms with Crippen LogP contribution >= 0.6 is 12.2 Å². The number of aromatic hydroxyl groups is 1. The first kappa shape index (κ1) is 16.6. The Balaban J connectivity index is 2.06. The van der Waals surface area contributed by atoms with Crippen molar-refractivity contribution < 1.29 is 10.0 Å². The highest BCUT2D eigenvalue weighted by molar-refractivity contribution is 7.71. The van der Waals surface area contributed by atoms with Crippen molar-refractivity contribution in [3.8, 4) is 5.88 Å². The van der Waals surface area contributed by atoms with Gasteiger partial charge in [0.25, 0.3) is 5.56 Å². The summed E-state index contributed by atoms with van der Waals surface area (Å²) < 4.78 is 1.60. The Morgan fingerprint density at radius 1 is 1.41 bits per heavy atom. The van der Waals surface area contributed by atoms with E-state index in [1.165, 1.54) is 43.1 Å². The number of aromatic amines is 1. The van der Waals surface area contributed by atoms with E-state index in [4.69, 9.17) is 12.2 Å². The van der Waals surface area contributed by atoms with E-state index < -0.39 is 5.56 Å². The third-order valence-corrected chi connectivity index (χ3v) is 4.22. The molecular formula is C15H23N4O2S+. The molecule has 1 saturated heterocycles. The highest BCUT2D eigenvalue weighted by Crippen LogP contribution is 2.11. The maximum Gasteiger partial charge on any atom is 0.264 e. The van der Waals surface area contributed by atoms with Gasteiger partial charge in [-0.15, -0.1) is 6.58 Å². The molecule has 3 N–H and O–H groups in total. The van der Waals surface area contributed by atoms with Gasteiger partial charge in [-0.1, -0.05) is 6.08 Å².